The lowest BCUT2D eigenvalue weighted by molar-refractivity contribution is 0.258. The van der Waals surface area contributed by atoms with Crippen molar-refractivity contribution in [2.45, 2.75) is 25.3 Å². The van der Waals surface area contributed by atoms with Crippen LogP contribution in [0.2, 0.25) is 0 Å². The van der Waals surface area contributed by atoms with Crippen LogP contribution in [0.5, 0.6) is 0 Å². The van der Waals surface area contributed by atoms with Gasteiger partial charge in [-0.2, -0.15) is 0 Å². The second-order valence-corrected chi connectivity index (χ2v) is 3.19. The molecule has 1 aliphatic carbocycles. The first-order chi connectivity index (χ1) is 5.38. The molecule has 11 heavy (non-hydrogen) atoms. The number of nitrogens with one attached hydrogen (secondary N) is 1. The summed E-state index contributed by atoms with van der Waals surface area (Å²) >= 11 is 0. The van der Waals surface area contributed by atoms with E-state index in [4.69, 9.17) is 5.73 Å². The molecule has 2 rings (SSSR count). The number of imidazole rings is 1. The highest BCUT2D eigenvalue weighted by Crippen LogP contribution is 2.34. The summed E-state index contributed by atoms with van der Waals surface area (Å²) in [7, 11) is 0. The minimum Gasteiger partial charge on any atom is -0.347 e. The van der Waals surface area contributed by atoms with Gasteiger partial charge in [0.15, 0.2) is 0 Å². The number of hydrogen-bond donors (Lipinski definition) is 2. The predicted octanol–water partition coefficient (Wildman–Crippen LogP) is 1.21. The van der Waals surface area contributed by atoms with Crippen LogP contribution in [0.1, 0.15) is 31.1 Å². The summed E-state index contributed by atoms with van der Waals surface area (Å²) in [6.45, 7) is 0. The van der Waals surface area contributed by atoms with Gasteiger partial charge in [0.2, 0.25) is 0 Å². The van der Waals surface area contributed by atoms with Crippen LogP contribution in [-0.4, -0.2) is 9.97 Å². The topological polar surface area (TPSA) is 54.7 Å². The maximum absolute atomic E-state index is 5.95. The van der Waals surface area contributed by atoms with Gasteiger partial charge in [0, 0.05) is 12.4 Å². The molecule has 0 bridgehead atoms. The van der Waals surface area contributed by atoms with Crippen molar-refractivity contribution >= 4 is 0 Å². The fraction of sp³-hybridized carbons (Fsp3) is 0.625. The lowest BCUT2D eigenvalue weighted by atomic mass is 9.80. The maximum Gasteiger partial charge on any atom is 0.123 e. The zero-order chi connectivity index (χ0) is 7.68. The molecule has 1 fully saturated rings. The third kappa shape index (κ3) is 1.16. The standard InChI is InChI=1S/C8H13N3/c9-7(6-2-1-3-6)8-10-4-5-11-8/h4-7H,1-3,9H2,(H,10,11)/t7-/m1/s1. The molecule has 3 N–H and O–H groups in total. The van der Waals surface area contributed by atoms with Crippen molar-refractivity contribution in [3.8, 4) is 0 Å². The highest BCUT2D eigenvalue weighted by molar-refractivity contribution is 4.98. The largest absolute Gasteiger partial charge is 0.347 e. The Kier molecular flexibility index (Phi) is 1.66. The first kappa shape index (κ1) is 6.85. The van der Waals surface area contributed by atoms with Crippen LogP contribution in [0, 0.1) is 5.92 Å². The molecule has 3 heteroatoms. The molecule has 1 saturated carbocycles. The Morgan fingerprint density at radius 2 is 2.45 bits per heavy atom. The van der Waals surface area contributed by atoms with Crippen molar-refractivity contribution < 1.29 is 0 Å². The van der Waals surface area contributed by atoms with Gasteiger partial charge in [0.05, 0.1) is 6.04 Å². The number of nitrogens with zero attached hydrogens (tertiary/aromatic N) is 1. The summed E-state index contributed by atoms with van der Waals surface area (Å²) in [5, 5.41) is 0. The number of rotatable bonds is 2. The Morgan fingerprint density at radius 3 is 2.91 bits per heavy atom. The van der Waals surface area contributed by atoms with Crippen LogP contribution in [0.3, 0.4) is 0 Å². The van der Waals surface area contributed by atoms with Crippen molar-refractivity contribution in [2.24, 2.45) is 11.7 Å². The second-order valence-electron chi connectivity index (χ2n) is 3.19. The molecule has 0 spiro atoms. The van der Waals surface area contributed by atoms with Crippen LogP contribution in [0.25, 0.3) is 0 Å². The number of H-pyrrole nitrogens is 1. The Labute approximate surface area is 66.0 Å². The zero-order valence-electron chi connectivity index (χ0n) is 6.46. The zero-order valence-corrected chi connectivity index (χ0v) is 6.46. The highest BCUT2D eigenvalue weighted by atomic mass is 14.9. The van der Waals surface area contributed by atoms with E-state index < -0.39 is 0 Å². The van der Waals surface area contributed by atoms with Gasteiger partial charge in [0.1, 0.15) is 5.82 Å². The van der Waals surface area contributed by atoms with E-state index in [0.29, 0.717) is 5.92 Å². The minimum absolute atomic E-state index is 0.138. The molecule has 3 nitrogen and oxygen atoms in total. The van der Waals surface area contributed by atoms with Crippen molar-refractivity contribution in [3.63, 3.8) is 0 Å². The molecule has 1 aromatic heterocycles. The molecule has 0 unspecified atom stereocenters. The predicted molar refractivity (Wildman–Crippen MR) is 42.9 cm³/mol. The van der Waals surface area contributed by atoms with Gasteiger partial charge in [0.25, 0.3) is 0 Å². The average molecular weight is 151 g/mol. The Morgan fingerprint density at radius 1 is 1.64 bits per heavy atom. The molecule has 1 atom stereocenters. The smallest absolute Gasteiger partial charge is 0.123 e. The second kappa shape index (κ2) is 2.66. The van der Waals surface area contributed by atoms with Gasteiger partial charge in [-0.3, -0.25) is 0 Å². The highest BCUT2D eigenvalue weighted by Gasteiger charge is 2.26. The molecule has 1 heterocycles. The van der Waals surface area contributed by atoms with E-state index in [2.05, 4.69) is 9.97 Å². The van der Waals surface area contributed by atoms with E-state index in [0.717, 1.165) is 5.82 Å². The Bertz CT molecular complexity index is 213. The molecule has 0 amide bonds. The average Bonchev–Trinajstić information content (AvgIpc) is 2.32. The molecule has 1 aliphatic rings. The van der Waals surface area contributed by atoms with Crippen molar-refractivity contribution in [1.29, 1.82) is 0 Å². The van der Waals surface area contributed by atoms with Crippen LogP contribution < -0.4 is 5.73 Å². The first-order valence-electron chi connectivity index (χ1n) is 4.13. The molecular weight excluding hydrogens is 138 g/mol. The number of aromatic amines is 1. The van der Waals surface area contributed by atoms with E-state index >= 15 is 0 Å². The molecular formula is C8H13N3. The molecule has 0 saturated heterocycles. The van der Waals surface area contributed by atoms with Gasteiger partial charge >= 0.3 is 0 Å². The number of aromatic nitrogens is 2. The summed E-state index contributed by atoms with van der Waals surface area (Å²) in [6.07, 6.45) is 7.45. The fourth-order valence-electron chi connectivity index (χ4n) is 1.48. The van der Waals surface area contributed by atoms with Gasteiger partial charge in [-0.1, -0.05) is 6.42 Å². The molecule has 0 radical (unpaired) electrons. The van der Waals surface area contributed by atoms with Crippen molar-refractivity contribution in [3.05, 3.63) is 18.2 Å². The normalized spacial score (nSPS) is 21.2. The SMILES string of the molecule is N[C@@H](c1ncc[nH]1)C1CCC1. The van der Waals surface area contributed by atoms with E-state index in [-0.39, 0.29) is 6.04 Å². The fourth-order valence-corrected chi connectivity index (χ4v) is 1.48. The van der Waals surface area contributed by atoms with E-state index in [9.17, 15) is 0 Å². The van der Waals surface area contributed by atoms with Gasteiger partial charge in [-0.25, -0.2) is 4.98 Å². The van der Waals surface area contributed by atoms with Gasteiger partial charge < -0.3 is 10.7 Å². The lowest BCUT2D eigenvalue weighted by Gasteiger charge is -2.29. The van der Waals surface area contributed by atoms with E-state index in [1.54, 1.807) is 6.20 Å². The molecule has 0 aromatic carbocycles. The summed E-state index contributed by atoms with van der Waals surface area (Å²) in [5.74, 6) is 1.61. The summed E-state index contributed by atoms with van der Waals surface area (Å²) < 4.78 is 0. The molecule has 1 aromatic rings. The van der Waals surface area contributed by atoms with Crippen molar-refractivity contribution in [2.75, 3.05) is 0 Å². The van der Waals surface area contributed by atoms with E-state index in [1.807, 2.05) is 6.20 Å². The van der Waals surface area contributed by atoms with Crippen LogP contribution in [-0.2, 0) is 0 Å². The monoisotopic (exact) mass is 151 g/mol. The molecule has 60 valence electrons. The number of nitrogens with two attached hydrogens (primary N) is 1. The van der Waals surface area contributed by atoms with Crippen LogP contribution in [0.4, 0.5) is 0 Å². The quantitative estimate of drug-likeness (QED) is 0.667. The van der Waals surface area contributed by atoms with Crippen LogP contribution in [0.15, 0.2) is 12.4 Å². The minimum atomic E-state index is 0.138. The van der Waals surface area contributed by atoms with Gasteiger partial charge in [-0.05, 0) is 18.8 Å². The van der Waals surface area contributed by atoms with Gasteiger partial charge in [-0.15, -0.1) is 0 Å². The maximum atomic E-state index is 5.95. The number of hydrogen-bond acceptors (Lipinski definition) is 2. The third-order valence-corrected chi connectivity index (χ3v) is 2.49. The lowest BCUT2D eigenvalue weighted by Crippen LogP contribution is -2.27. The van der Waals surface area contributed by atoms with Crippen LogP contribution >= 0.6 is 0 Å². The summed E-state index contributed by atoms with van der Waals surface area (Å²) in [5.41, 5.74) is 5.95. The first-order valence-corrected chi connectivity index (χ1v) is 4.13. The summed E-state index contributed by atoms with van der Waals surface area (Å²) in [4.78, 5) is 7.19. The van der Waals surface area contributed by atoms with Crippen molar-refractivity contribution in [1.82, 2.24) is 9.97 Å². The molecule has 0 aliphatic heterocycles. The Balaban J connectivity index is 2.04. The Hall–Kier alpha value is -0.830. The third-order valence-electron chi connectivity index (χ3n) is 2.49. The van der Waals surface area contributed by atoms with E-state index in [1.165, 1.54) is 19.3 Å². The summed E-state index contributed by atoms with van der Waals surface area (Å²) in [6, 6.07) is 0.138.